The molecule has 0 saturated carbocycles. The van der Waals surface area contributed by atoms with Gasteiger partial charge in [0.1, 0.15) is 5.92 Å². The Morgan fingerprint density at radius 2 is 1.93 bits per heavy atom. The second-order valence-electron chi connectivity index (χ2n) is 3.46. The van der Waals surface area contributed by atoms with Crippen molar-refractivity contribution in [2.75, 3.05) is 19.7 Å². The van der Waals surface area contributed by atoms with Crippen LogP contribution in [0.5, 0.6) is 0 Å². The number of carboxylic acids is 1. The van der Waals surface area contributed by atoms with Gasteiger partial charge in [0, 0.05) is 13.1 Å². The number of hydrogen-bond donors (Lipinski definition) is 2. The zero-order valence-electron chi connectivity index (χ0n) is 9.27. The van der Waals surface area contributed by atoms with Gasteiger partial charge in [-0.25, -0.2) is 0 Å². The van der Waals surface area contributed by atoms with Gasteiger partial charge in [-0.15, -0.1) is 0 Å². The van der Waals surface area contributed by atoms with Crippen molar-refractivity contribution in [2.45, 2.75) is 26.7 Å². The largest absolute Gasteiger partial charge is 0.481 e. The van der Waals surface area contributed by atoms with Gasteiger partial charge in [0.15, 0.2) is 0 Å². The number of carbonyl (C=O) groups is 2. The molecule has 0 bridgehead atoms. The standard InChI is InChI=1S/C10H19NO4/c1-3-4-5-11(6-7-12)9(13)8(2)10(14)15/h8,12H,3-7H2,1-2H3,(H,14,15). The summed E-state index contributed by atoms with van der Waals surface area (Å²) in [7, 11) is 0. The molecule has 0 heterocycles. The molecule has 0 spiro atoms. The Labute approximate surface area is 89.7 Å². The zero-order chi connectivity index (χ0) is 11.8. The number of aliphatic hydroxyl groups is 1. The molecule has 0 aliphatic carbocycles. The highest BCUT2D eigenvalue weighted by Crippen LogP contribution is 2.04. The van der Waals surface area contributed by atoms with Gasteiger partial charge in [0.05, 0.1) is 6.61 Å². The van der Waals surface area contributed by atoms with Crippen LogP contribution in [0.25, 0.3) is 0 Å². The molecule has 0 aromatic carbocycles. The van der Waals surface area contributed by atoms with E-state index in [0.29, 0.717) is 6.54 Å². The van der Waals surface area contributed by atoms with E-state index >= 15 is 0 Å². The highest BCUT2D eigenvalue weighted by atomic mass is 16.4. The van der Waals surface area contributed by atoms with Crippen molar-refractivity contribution in [1.29, 1.82) is 0 Å². The van der Waals surface area contributed by atoms with Gasteiger partial charge < -0.3 is 15.1 Å². The molecule has 15 heavy (non-hydrogen) atoms. The third-order valence-corrected chi connectivity index (χ3v) is 2.20. The van der Waals surface area contributed by atoms with Crippen LogP contribution in [-0.4, -0.2) is 46.7 Å². The highest BCUT2D eigenvalue weighted by Gasteiger charge is 2.25. The Hall–Kier alpha value is -1.10. The van der Waals surface area contributed by atoms with E-state index in [1.54, 1.807) is 0 Å². The summed E-state index contributed by atoms with van der Waals surface area (Å²) >= 11 is 0. The van der Waals surface area contributed by atoms with E-state index in [-0.39, 0.29) is 13.2 Å². The third-order valence-electron chi connectivity index (χ3n) is 2.20. The second-order valence-corrected chi connectivity index (χ2v) is 3.46. The Bertz CT molecular complexity index is 217. The molecule has 0 aromatic rings. The van der Waals surface area contributed by atoms with Crippen molar-refractivity contribution >= 4 is 11.9 Å². The van der Waals surface area contributed by atoms with Crippen molar-refractivity contribution in [3.05, 3.63) is 0 Å². The summed E-state index contributed by atoms with van der Waals surface area (Å²) in [4.78, 5) is 23.6. The first-order chi connectivity index (χ1) is 7.04. The molecule has 0 rings (SSSR count). The van der Waals surface area contributed by atoms with E-state index in [4.69, 9.17) is 10.2 Å². The number of unbranched alkanes of at least 4 members (excludes halogenated alkanes) is 1. The minimum atomic E-state index is -1.13. The van der Waals surface area contributed by atoms with Gasteiger partial charge >= 0.3 is 5.97 Å². The summed E-state index contributed by atoms with van der Waals surface area (Å²) in [5, 5.41) is 17.4. The normalized spacial score (nSPS) is 12.2. The lowest BCUT2D eigenvalue weighted by Gasteiger charge is -2.23. The lowest BCUT2D eigenvalue weighted by molar-refractivity contribution is -0.150. The lowest BCUT2D eigenvalue weighted by atomic mass is 10.1. The molecular formula is C10H19NO4. The molecule has 1 unspecified atom stereocenters. The van der Waals surface area contributed by atoms with Crippen molar-refractivity contribution < 1.29 is 19.8 Å². The molecular weight excluding hydrogens is 198 g/mol. The molecule has 5 nitrogen and oxygen atoms in total. The maximum Gasteiger partial charge on any atom is 0.315 e. The van der Waals surface area contributed by atoms with Gasteiger partial charge in [-0.3, -0.25) is 9.59 Å². The molecule has 5 heteroatoms. The maximum absolute atomic E-state index is 11.6. The topological polar surface area (TPSA) is 77.8 Å². The van der Waals surface area contributed by atoms with E-state index < -0.39 is 17.8 Å². The van der Waals surface area contributed by atoms with Crippen LogP contribution in [-0.2, 0) is 9.59 Å². The fraction of sp³-hybridized carbons (Fsp3) is 0.800. The molecule has 88 valence electrons. The van der Waals surface area contributed by atoms with Crippen LogP contribution in [0.4, 0.5) is 0 Å². The van der Waals surface area contributed by atoms with Crippen molar-refractivity contribution in [3.63, 3.8) is 0 Å². The average Bonchev–Trinajstić information content (AvgIpc) is 2.22. The smallest absolute Gasteiger partial charge is 0.315 e. The highest BCUT2D eigenvalue weighted by molar-refractivity contribution is 5.96. The van der Waals surface area contributed by atoms with Gasteiger partial charge in [-0.2, -0.15) is 0 Å². The van der Waals surface area contributed by atoms with Crippen LogP contribution in [0.3, 0.4) is 0 Å². The monoisotopic (exact) mass is 217 g/mol. The van der Waals surface area contributed by atoms with E-state index in [2.05, 4.69) is 0 Å². The second kappa shape index (κ2) is 7.23. The fourth-order valence-electron chi connectivity index (χ4n) is 1.18. The molecule has 2 N–H and O–H groups in total. The minimum Gasteiger partial charge on any atom is -0.481 e. The van der Waals surface area contributed by atoms with Crippen LogP contribution < -0.4 is 0 Å². The molecule has 1 amide bonds. The van der Waals surface area contributed by atoms with Gasteiger partial charge in [-0.1, -0.05) is 13.3 Å². The summed E-state index contributed by atoms with van der Waals surface area (Å²) in [6.45, 7) is 3.93. The predicted molar refractivity (Wildman–Crippen MR) is 55.4 cm³/mol. The summed E-state index contributed by atoms with van der Waals surface area (Å²) in [5.41, 5.74) is 0. The third kappa shape index (κ3) is 4.78. The van der Waals surface area contributed by atoms with Gasteiger partial charge in [0.2, 0.25) is 5.91 Å². The molecule has 0 aliphatic rings. The van der Waals surface area contributed by atoms with Gasteiger partial charge in [-0.05, 0) is 13.3 Å². The Balaban J connectivity index is 4.33. The number of carboxylic acid groups (broad SMARTS) is 1. The molecule has 0 aromatic heterocycles. The summed E-state index contributed by atoms with van der Waals surface area (Å²) in [6, 6.07) is 0. The first-order valence-corrected chi connectivity index (χ1v) is 5.17. The number of rotatable bonds is 7. The lowest BCUT2D eigenvalue weighted by Crippen LogP contribution is -2.40. The van der Waals surface area contributed by atoms with Gasteiger partial charge in [0.25, 0.3) is 0 Å². The number of nitrogens with zero attached hydrogens (tertiary/aromatic N) is 1. The van der Waals surface area contributed by atoms with E-state index in [1.165, 1.54) is 11.8 Å². The minimum absolute atomic E-state index is 0.137. The van der Waals surface area contributed by atoms with Crippen LogP contribution in [0, 0.1) is 5.92 Å². The Morgan fingerprint density at radius 3 is 2.33 bits per heavy atom. The maximum atomic E-state index is 11.6. The molecule has 0 radical (unpaired) electrons. The quantitative estimate of drug-likeness (QED) is 0.602. The average molecular weight is 217 g/mol. The zero-order valence-corrected chi connectivity index (χ0v) is 9.27. The summed E-state index contributed by atoms with van der Waals surface area (Å²) in [5.74, 6) is -2.59. The Kier molecular flexibility index (Phi) is 6.70. The number of amides is 1. The van der Waals surface area contributed by atoms with E-state index in [9.17, 15) is 9.59 Å². The van der Waals surface area contributed by atoms with Crippen LogP contribution in [0.1, 0.15) is 26.7 Å². The molecule has 0 saturated heterocycles. The van der Waals surface area contributed by atoms with Crippen molar-refractivity contribution in [2.24, 2.45) is 5.92 Å². The summed E-state index contributed by atoms with van der Waals surface area (Å²) in [6.07, 6.45) is 1.74. The Morgan fingerprint density at radius 1 is 1.33 bits per heavy atom. The first-order valence-electron chi connectivity index (χ1n) is 5.17. The number of carbonyl (C=O) groups excluding carboxylic acids is 1. The number of aliphatic carboxylic acids is 1. The molecule has 0 aliphatic heterocycles. The van der Waals surface area contributed by atoms with Crippen LogP contribution in [0.15, 0.2) is 0 Å². The van der Waals surface area contributed by atoms with Crippen molar-refractivity contribution in [1.82, 2.24) is 4.90 Å². The molecule has 1 atom stereocenters. The van der Waals surface area contributed by atoms with Crippen LogP contribution >= 0.6 is 0 Å². The summed E-state index contributed by atoms with van der Waals surface area (Å²) < 4.78 is 0. The number of aliphatic hydroxyl groups excluding tert-OH is 1. The fourth-order valence-corrected chi connectivity index (χ4v) is 1.18. The van der Waals surface area contributed by atoms with Crippen molar-refractivity contribution in [3.8, 4) is 0 Å². The number of hydrogen-bond acceptors (Lipinski definition) is 3. The molecule has 0 fully saturated rings. The van der Waals surface area contributed by atoms with E-state index in [1.807, 2.05) is 6.92 Å². The first kappa shape index (κ1) is 13.9. The van der Waals surface area contributed by atoms with E-state index in [0.717, 1.165) is 12.8 Å². The predicted octanol–water partition coefficient (Wildman–Crippen LogP) is 0.328. The SMILES string of the molecule is CCCCN(CCO)C(=O)C(C)C(=O)O. The van der Waals surface area contributed by atoms with Crippen LogP contribution in [0.2, 0.25) is 0 Å².